The molecule has 1 heterocycles. The van der Waals surface area contributed by atoms with Gasteiger partial charge in [-0.05, 0) is 28.7 Å². The lowest BCUT2D eigenvalue weighted by molar-refractivity contribution is -0.161. The summed E-state index contributed by atoms with van der Waals surface area (Å²) in [7, 11) is 0. The average molecular weight is 394 g/mol. The topological polar surface area (TPSA) is 98.9 Å². The quantitative estimate of drug-likeness (QED) is 0.634. The Hall–Kier alpha value is -3.19. The smallest absolute Gasteiger partial charge is 0.410 e. The largest absolute Gasteiger partial charge is 0.448 e. The highest BCUT2D eigenvalue weighted by atomic mass is 16.6. The van der Waals surface area contributed by atoms with Gasteiger partial charge in [0.05, 0.1) is 0 Å². The molecule has 0 aromatic heterocycles. The van der Waals surface area contributed by atoms with Crippen molar-refractivity contribution in [1.82, 2.24) is 4.90 Å². The Bertz CT molecular complexity index is 928. The SMILES string of the molecule is CC(=O)OC(=O)[C@@H]1[C@H](N)CCN1C(=O)OCC1c2ccccc2-c2ccccc21. The summed E-state index contributed by atoms with van der Waals surface area (Å²) < 4.78 is 10.2. The molecule has 0 unspecified atom stereocenters. The normalized spacial score (nSPS) is 20.1. The second-order valence-corrected chi connectivity index (χ2v) is 7.31. The summed E-state index contributed by atoms with van der Waals surface area (Å²) in [5.41, 5.74) is 10.4. The van der Waals surface area contributed by atoms with Crippen LogP contribution in [0, 0.1) is 0 Å². The molecule has 1 saturated heterocycles. The molecular weight excluding hydrogens is 372 g/mol. The Kier molecular flexibility index (Phi) is 5.07. The first-order valence-corrected chi connectivity index (χ1v) is 9.57. The summed E-state index contributed by atoms with van der Waals surface area (Å²) in [5, 5.41) is 0. The van der Waals surface area contributed by atoms with Crippen molar-refractivity contribution in [3.8, 4) is 11.1 Å². The van der Waals surface area contributed by atoms with Gasteiger partial charge in [-0.25, -0.2) is 9.59 Å². The first-order valence-electron chi connectivity index (χ1n) is 9.57. The van der Waals surface area contributed by atoms with Gasteiger partial charge in [0.2, 0.25) is 0 Å². The van der Waals surface area contributed by atoms with Crippen molar-refractivity contribution >= 4 is 18.0 Å². The standard InChI is InChI=1S/C22H22N2O5/c1-13(25)29-21(26)20-19(23)10-11-24(20)22(27)28-12-18-16-8-4-2-6-14(16)15-7-3-5-9-17(15)18/h2-9,18-20H,10-12,23H2,1H3/t19-,20+/m1/s1. The number of nitrogens with zero attached hydrogens (tertiary/aromatic N) is 1. The average Bonchev–Trinajstić information content (AvgIpc) is 3.24. The van der Waals surface area contributed by atoms with Crippen molar-refractivity contribution in [2.45, 2.75) is 31.3 Å². The highest BCUT2D eigenvalue weighted by Gasteiger charge is 2.43. The molecule has 150 valence electrons. The van der Waals surface area contributed by atoms with Crippen LogP contribution in [0.4, 0.5) is 4.79 Å². The van der Waals surface area contributed by atoms with Gasteiger partial charge in [-0.15, -0.1) is 0 Å². The van der Waals surface area contributed by atoms with Crippen LogP contribution in [-0.4, -0.2) is 48.2 Å². The zero-order chi connectivity index (χ0) is 20.5. The van der Waals surface area contributed by atoms with Gasteiger partial charge in [0.1, 0.15) is 12.6 Å². The predicted molar refractivity (Wildman–Crippen MR) is 105 cm³/mol. The second-order valence-electron chi connectivity index (χ2n) is 7.31. The summed E-state index contributed by atoms with van der Waals surface area (Å²) in [6, 6.07) is 14.5. The van der Waals surface area contributed by atoms with Crippen LogP contribution in [0.1, 0.15) is 30.4 Å². The highest BCUT2D eigenvalue weighted by Crippen LogP contribution is 2.44. The van der Waals surface area contributed by atoms with E-state index in [1.807, 2.05) is 36.4 Å². The molecule has 29 heavy (non-hydrogen) atoms. The summed E-state index contributed by atoms with van der Waals surface area (Å²) in [5.74, 6) is -1.64. The number of likely N-dealkylation sites (tertiary alicyclic amines) is 1. The number of amides is 1. The fourth-order valence-corrected chi connectivity index (χ4v) is 4.20. The molecule has 4 rings (SSSR count). The lowest BCUT2D eigenvalue weighted by Crippen LogP contribution is -2.49. The summed E-state index contributed by atoms with van der Waals surface area (Å²) in [6.45, 7) is 1.55. The molecule has 1 amide bonds. The number of nitrogens with two attached hydrogens (primary N) is 1. The Morgan fingerprint density at radius 3 is 2.21 bits per heavy atom. The third-order valence-corrected chi connectivity index (χ3v) is 5.50. The van der Waals surface area contributed by atoms with Crippen LogP contribution in [0.5, 0.6) is 0 Å². The maximum Gasteiger partial charge on any atom is 0.410 e. The van der Waals surface area contributed by atoms with E-state index in [1.54, 1.807) is 0 Å². The number of fused-ring (bicyclic) bond motifs is 3. The number of esters is 2. The van der Waals surface area contributed by atoms with Crippen molar-refractivity contribution in [1.29, 1.82) is 0 Å². The molecule has 2 aromatic rings. The van der Waals surface area contributed by atoms with Crippen LogP contribution >= 0.6 is 0 Å². The van der Waals surface area contributed by atoms with Crippen LogP contribution in [-0.2, 0) is 19.1 Å². The summed E-state index contributed by atoms with van der Waals surface area (Å²) >= 11 is 0. The van der Waals surface area contributed by atoms with Crippen LogP contribution in [0.25, 0.3) is 11.1 Å². The van der Waals surface area contributed by atoms with E-state index < -0.39 is 30.1 Å². The second kappa shape index (κ2) is 7.67. The molecular formula is C22H22N2O5. The maximum absolute atomic E-state index is 12.7. The molecule has 1 aliphatic heterocycles. The minimum atomic E-state index is -1.02. The van der Waals surface area contributed by atoms with Crippen LogP contribution in [0.3, 0.4) is 0 Å². The number of rotatable bonds is 3. The Morgan fingerprint density at radius 1 is 1.03 bits per heavy atom. The zero-order valence-corrected chi connectivity index (χ0v) is 16.0. The van der Waals surface area contributed by atoms with Crippen molar-refractivity contribution in [3.05, 3.63) is 59.7 Å². The predicted octanol–water partition coefficient (Wildman–Crippen LogP) is 2.43. The molecule has 7 nitrogen and oxygen atoms in total. The third kappa shape index (κ3) is 3.49. The summed E-state index contributed by atoms with van der Waals surface area (Å²) in [4.78, 5) is 37.3. The molecule has 7 heteroatoms. The van der Waals surface area contributed by atoms with E-state index in [1.165, 1.54) is 4.90 Å². The summed E-state index contributed by atoms with van der Waals surface area (Å²) in [6.07, 6.45) is -0.202. The van der Waals surface area contributed by atoms with Gasteiger partial charge in [-0.1, -0.05) is 48.5 Å². The highest BCUT2D eigenvalue weighted by molar-refractivity contribution is 5.90. The van der Waals surface area contributed by atoms with Crippen LogP contribution < -0.4 is 5.73 Å². The van der Waals surface area contributed by atoms with Crippen molar-refractivity contribution in [2.75, 3.05) is 13.2 Å². The molecule has 0 radical (unpaired) electrons. The molecule has 1 aliphatic carbocycles. The van der Waals surface area contributed by atoms with E-state index in [4.69, 9.17) is 10.5 Å². The van der Waals surface area contributed by atoms with Gasteiger partial charge in [0.15, 0.2) is 0 Å². The lowest BCUT2D eigenvalue weighted by atomic mass is 9.98. The molecule has 0 spiro atoms. The molecule has 2 atom stereocenters. The first-order chi connectivity index (χ1) is 14.0. The fraction of sp³-hybridized carbons (Fsp3) is 0.318. The molecule has 2 aliphatic rings. The molecule has 1 fully saturated rings. The molecule has 0 bridgehead atoms. The molecule has 0 saturated carbocycles. The Morgan fingerprint density at radius 2 is 1.62 bits per heavy atom. The van der Waals surface area contributed by atoms with Gasteiger partial charge >= 0.3 is 18.0 Å². The minimum absolute atomic E-state index is 0.0785. The van der Waals surface area contributed by atoms with E-state index in [9.17, 15) is 14.4 Å². The zero-order valence-electron chi connectivity index (χ0n) is 16.0. The van der Waals surface area contributed by atoms with Gasteiger partial charge in [-0.2, -0.15) is 0 Å². The molecule has 2 aromatic carbocycles. The van der Waals surface area contributed by atoms with Gasteiger partial charge < -0.3 is 15.2 Å². The van der Waals surface area contributed by atoms with Crippen LogP contribution in [0.15, 0.2) is 48.5 Å². The fourth-order valence-electron chi connectivity index (χ4n) is 4.20. The molecule has 2 N–H and O–H groups in total. The van der Waals surface area contributed by atoms with Crippen molar-refractivity contribution in [2.24, 2.45) is 5.73 Å². The Balaban J connectivity index is 1.50. The third-order valence-electron chi connectivity index (χ3n) is 5.50. The van der Waals surface area contributed by atoms with Gasteiger partial charge in [-0.3, -0.25) is 9.69 Å². The Labute approximate surface area is 168 Å². The first kappa shape index (κ1) is 19.1. The van der Waals surface area contributed by atoms with E-state index in [-0.39, 0.29) is 19.1 Å². The number of hydrogen-bond donors (Lipinski definition) is 1. The number of benzene rings is 2. The van der Waals surface area contributed by atoms with E-state index >= 15 is 0 Å². The van der Waals surface area contributed by atoms with Crippen molar-refractivity contribution in [3.63, 3.8) is 0 Å². The van der Waals surface area contributed by atoms with Crippen molar-refractivity contribution < 1.29 is 23.9 Å². The maximum atomic E-state index is 12.7. The lowest BCUT2D eigenvalue weighted by Gasteiger charge is -2.25. The van der Waals surface area contributed by atoms with E-state index in [0.29, 0.717) is 6.42 Å². The minimum Gasteiger partial charge on any atom is -0.448 e. The number of hydrogen-bond acceptors (Lipinski definition) is 6. The monoisotopic (exact) mass is 394 g/mol. The van der Waals surface area contributed by atoms with E-state index in [0.717, 1.165) is 29.2 Å². The van der Waals surface area contributed by atoms with E-state index in [2.05, 4.69) is 16.9 Å². The van der Waals surface area contributed by atoms with Crippen LogP contribution in [0.2, 0.25) is 0 Å². The number of carbonyl (C=O) groups is 3. The number of carbonyl (C=O) groups excluding carboxylic acids is 3. The number of ether oxygens (including phenoxy) is 2. The van der Waals surface area contributed by atoms with Gasteiger partial charge in [0, 0.05) is 25.4 Å². The van der Waals surface area contributed by atoms with Gasteiger partial charge in [0.25, 0.3) is 0 Å².